The summed E-state index contributed by atoms with van der Waals surface area (Å²) < 4.78 is 1.80. The van der Waals surface area contributed by atoms with Gasteiger partial charge in [0, 0.05) is 29.7 Å². The lowest BCUT2D eigenvalue weighted by molar-refractivity contribution is -0.689. The monoisotopic (exact) mass is 493 g/mol. The molecular weight excluding hydrogens is 474 g/mol. The summed E-state index contributed by atoms with van der Waals surface area (Å²) in [6.45, 7) is 0.0659. The van der Waals surface area contributed by atoms with E-state index in [1.165, 1.54) is 24.0 Å². The number of carboxylic acids is 1. The minimum absolute atomic E-state index is 0.0914. The minimum Gasteiger partial charge on any atom is -0.543 e. The zero-order valence-electron chi connectivity index (χ0n) is 18.2. The van der Waals surface area contributed by atoms with Gasteiger partial charge < -0.3 is 25.8 Å². The number of rotatable bonds is 8. The van der Waals surface area contributed by atoms with E-state index in [1.807, 2.05) is 18.2 Å². The van der Waals surface area contributed by atoms with Crippen molar-refractivity contribution in [1.29, 1.82) is 0 Å². The number of pyridine rings is 1. The Morgan fingerprint density at radius 3 is 2.86 bits per heavy atom. The van der Waals surface area contributed by atoms with Gasteiger partial charge >= 0.3 is 0 Å². The van der Waals surface area contributed by atoms with E-state index < -0.39 is 29.2 Å². The van der Waals surface area contributed by atoms with E-state index in [-0.39, 0.29) is 36.2 Å². The maximum atomic E-state index is 13.0. The van der Waals surface area contributed by atoms with Crippen LogP contribution < -0.4 is 20.7 Å². The number of aliphatic carboxylic acids is 1. The Balaban J connectivity index is 1.54. The van der Waals surface area contributed by atoms with Gasteiger partial charge in [-0.2, -0.15) is 0 Å². The number of hydrogen-bond acceptors (Lipinski definition) is 10. The van der Waals surface area contributed by atoms with Crippen LogP contribution in [0.15, 0.2) is 59.3 Å². The average Bonchev–Trinajstić information content (AvgIpc) is 2.85. The second-order valence-corrected chi connectivity index (χ2v) is 8.48. The predicted octanol–water partition coefficient (Wildman–Crippen LogP) is -2.20. The van der Waals surface area contributed by atoms with Gasteiger partial charge in [0.15, 0.2) is 31.4 Å². The molecule has 2 aromatic rings. The summed E-state index contributed by atoms with van der Waals surface area (Å²) in [7, 11) is 0. The molecule has 0 bridgehead atoms. The number of carbonyl (C=O) groups is 3. The van der Waals surface area contributed by atoms with E-state index >= 15 is 0 Å². The third-order valence-electron chi connectivity index (χ3n) is 5.09. The Hall–Kier alpha value is -4.44. The fourth-order valence-electron chi connectivity index (χ4n) is 3.57. The number of nitrogens with zero attached hydrogens (tertiary/aromatic N) is 5. The first kappa shape index (κ1) is 23.7. The van der Waals surface area contributed by atoms with Crippen LogP contribution in [0.2, 0.25) is 0 Å². The molecule has 13 heteroatoms. The molecule has 0 aliphatic carbocycles. The number of carboxylic acid groups (broad SMARTS) is 1. The summed E-state index contributed by atoms with van der Waals surface area (Å²) >= 11 is 1.33. The Kier molecular flexibility index (Phi) is 6.93. The van der Waals surface area contributed by atoms with E-state index in [9.17, 15) is 19.5 Å². The largest absolute Gasteiger partial charge is 0.543 e. The van der Waals surface area contributed by atoms with Crippen LogP contribution in [0.25, 0.3) is 0 Å². The van der Waals surface area contributed by atoms with Crippen molar-refractivity contribution in [2.24, 2.45) is 5.16 Å². The summed E-state index contributed by atoms with van der Waals surface area (Å²) in [5.41, 5.74) is 5.67. The molecule has 2 aliphatic heterocycles. The van der Waals surface area contributed by atoms with Gasteiger partial charge in [0.2, 0.25) is 5.71 Å². The second-order valence-electron chi connectivity index (χ2n) is 7.37. The molecule has 12 nitrogen and oxygen atoms in total. The molecular formula is C22H19N7O5S. The van der Waals surface area contributed by atoms with E-state index in [2.05, 4.69) is 26.4 Å². The standard InChI is InChI=1S/C22H19N7O5S/c1-2-10-34-27-15(18-24-7-6-14(23)25-18)19(30)26-16-20(31)29-17(22(32)33)13(12-35-21(16)29)11-28-8-4-3-5-9-28/h1,3-9,16,21H,10-12H2,(H3-,23,24,25,26,30,32,33)/t16?,21-/m1/s1. The van der Waals surface area contributed by atoms with Crippen LogP contribution in [0, 0.1) is 12.3 Å². The maximum absolute atomic E-state index is 13.0. The van der Waals surface area contributed by atoms with Crippen molar-refractivity contribution in [2.75, 3.05) is 18.1 Å². The molecule has 0 radical (unpaired) electrons. The number of fused-ring (bicyclic) bond motifs is 1. The molecule has 0 aromatic carbocycles. The number of nitrogen functional groups attached to an aromatic ring is 1. The number of oxime groups is 1. The van der Waals surface area contributed by atoms with E-state index in [0.29, 0.717) is 11.3 Å². The highest BCUT2D eigenvalue weighted by Crippen LogP contribution is 2.40. The smallest absolute Gasteiger partial charge is 0.278 e. The second kappa shape index (κ2) is 10.2. The third kappa shape index (κ3) is 4.92. The number of nitrogens with one attached hydrogen (secondary N) is 1. The van der Waals surface area contributed by atoms with Crippen LogP contribution in [0.5, 0.6) is 0 Å². The highest BCUT2D eigenvalue weighted by molar-refractivity contribution is 8.00. The molecule has 2 amide bonds. The molecule has 4 rings (SSSR count). The molecule has 2 aromatic heterocycles. The first-order valence-electron chi connectivity index (χ1n) is 10.3. The Morgan fingerprint density at radius 2 is 2.17 bits per heavy atom. The summed E-state index contributed by atoms with van der Waals surface area (Å²) in [5.74, 6) is -0.361. The van der Waals surface area contributed by atoms with E-state index in [4.69, 9.17) is 17.0 Å². The quantitative estimate of drug-likeness (QED) is 0.104. The number of hydrogen-bond donors (Lipinski definition) is 2. The Morgan fingerprint density at radius 1 is 1.40 bits per heavy atom. The van der Waals surface area contributed by atoms with Crippen LogP contribution in [0.4, 0.5) is 5.82 Å². The lowest BCUT2D eigenvalue weighted by Crippen LogP contribution is -2.71. The topological polar surface area (TPSA) is 167 Å². The van der Waals surface area contributed by atoms with E-state index in [1.54, 1.807) is 17.0 Å². The number of thioether (sulfide) groups is 1. The fraction of sp³-hybridized carbons (Fsp3) is 0.227. The molecule has 3 N–H and O–H groups in total. The molecule has 178 valence electrons. The molecule has 1 fully saturated rings. The van der Waals surface area contributed by atoms with Crippen molar-refractivity contribution in [2.45, 2.75) is 18.0 Å². The lowest BCUT2D eigenvalue weighted by Gasteiger charge is -2.50. The van der Waals surface area contributed by atoms with Crippen molar-refractivity contribution in [3.05, 3.63) is 60.0 Å². The van der Waals surface area contributed by atoms with Gasteiger partial charge in [-0.3, -0.25) is 14.5 Å². The maximum Gasteiger partial charge on any atom is 0.278 e. The summed E-state index contributed by atoms with van der Waals surface area (Å²) in [6, 6.07) is 5.88. The number of β-lactam (4-membered cyclic amide) rings is 1. The summed E-state index contributed by atoms with van der Waals surface area (Å²) in [6.07, 6.45) is 10.1. The van der Waals surface area contributed by atoms with Gasteiger partial charge in [-0.25, -0.2) is 14.5 Å². The highest BCUT2D eigenvalue weighted by Gasteiger charge is 2.53. The zero-order valence-corrected chi connectivity index (χ0v) is 19.0. The van der Waals surface area contributed by atoms with Crippen molar-refractivity contribution >= 4 is 41.1 Å². The van der Waals surface area contributed by atoms with Crippen molar-refractivity contribution < 1.29 is 28.9 Å². The fourth-order valence-corrected chi connectivity index (χ4v) is 4.90. The van der Waals surface area contributed by atoms with Gasteiger partial charge in [0.1, 0.15) is 17.2 Å². The molecule has 0 spiro atoms. The number of carbonyl (C=O) groups excluding carboxylic acids is 3. The normalized spacial score (nSPS) is 19.3. The zero-order chi connectivity index (χ0) is 24.9. The van der Waals surface area contributed by atoms with Crippen LogP contribution in [-0.4, -0.2) is 62.1 Å². The van der Waals surface area contributed by atoms with Crippen LogP contribution in [0.3, 0.4) is 0 Å². The Bertz CT molecular complexity index is 1270. The minimum atomic E-state index is -1.46. The number of anilines is 1. The molecule has 35 heavy (non-hydrogen) atoms. The van der Waals surface area contributed by atoms with Crippen LogP contribution in [-0.2, 0) is 25.8 Å². The van der Waals surface area contributed by atoms with Crippen molar-refractivity contribution in [1.82, 2.24) is 20.2 Å². The Labute approximate surface area is 203 Å². The van der Waals surface area contributed by atoms with Gasteiger partial charge in [0.05, 0.1) is 11.7 Å². The van der Waals surface area contributed by atoms with Crippen LogP contribution in [0.1, 0.15) is 5.82 Å². The van der Waals surface area contributed by atoms with Crippen molar-refractivity contribution in [3.8, 4) is 12.3 Å². The highest BCUT2D eigenvalue weighted by atomic mass is 32.2. The van der Waals surface area contributed by atoms with Gasteiger partial charge in [-0.1, -0.05) is 17.1 Å². The first-order chi connectivity index (χ1) is 16.9. The molecule has 1 unspecified atom stereocenters. The van der Waals surface area contributed by atoms with Gasteiger partial charge in [-0.05, 0) is 6.07 Å². The number of terminal acetylenes is 1. The summed E-state index contributed by atoms with van der Waals surface area (Å²) in [5, 5.41) is 17.6. The first-order valence-corrected chi connectivity index (χ1v) is 11.3. The lowest BCUT2D eigenvalue weighted by atomic mass is 10.0. The summed E-state index contributed by atoms with van der Waals surface area (Å²) in [4.78, 5) is 51.8. The molecule has 4 heterocycles. The molecule has 1 saturated heterocycles. The molecule has 2 aliphatic rings. The third-order valence-corrected chi connectivity index (χ3v) is 6.43. The molecule has 0 saturated carbocycles. The van der Waals surface area contributed by atoms with Crippen molar-refractivity contribution in [3.63, 3.8) is 0 Å². The van der Waals surface area contributed by atoms with Gasteiger partial charge in [0.25, 0.3) is 11.8 Å². The number of nitrogens with two attached hydrogens (primary N) is 1. The SMILES string of the molecule is C#CCON=C(C(=O)NC1C(=O)N2C(C(=O)[O-])=C(C[n+]3ccccc3)CS[C@H]12)c1nccc(N)n1. The molecule has 2 atom stereocenters. The van der Waals surface area contributed by atoms with Gasteiger partial charge in [-0.15, -0.1) is 18.2 Å². The van der Waals surface area contributed by atoms with E-state index in [0.717, 1.165) is 4.90 Å². The van der Waals surface area contributed by atoms with Crippen LogP contribution >= 0.6 is 11.8 Å². The average molecular weight is 494 g/mol. The number of amides is 2. The predicted molar refractivity (Wildman–Crippen MR) is 121 cm³/mol. The number of aromatic nitrogens is 3.